The Bertz CT molecular complexity index is 865. The standard InChI is InChI=1S/C14H14F3N3O3/c1-7(2)20-12(22)9-4-3-8(5-10(9)19-13(20)23)11(21)18-6-14(15,16)17/h3-5,7H,6H2,1-2H3,(H,18,21)(H,19,23). The van der Waals surface area contributed by atoms with E-state index in [1.54, 1.807) is 19.2 Å². The van der Waals surface area contributed by atoms with E-state index in [1.165, 1.54) is 18.2 Å². The van der Waals surface area contributed by atoms with Crippen LogP contribution in [0.3, 0.4) is 0 Å². The van der Waals surface area contributed by atoms with Gasteiger partial charge in [0.15, 0.2) is 0 Å². The van der Waals surface area contributed by atoms with E-state index in [-0.39, 0.29) is 22.5 Å². The van der Waals surface area contributed by atoms with Crippen molar-refractivity contribution in [1.82, 2.24) is 14.9 Å². The molecule has 0 saturated heterocycles. The Morgan fingerprint density at radius 2 is 1.96 bits per heavy atom. The number of nitrogens with zero attached hydrogens (tertiary/aromatic N) is 1. The molecule has 1 amide bonds. The first-order chi connectivity index (χ1) is 10.6. The molecule has 9 heteroatoms. The summed E-state index contributed by atoms with van der Waals surface area (Å²) in [4.78, 5) is 38.3. The van der Waals surface area contributed by atoms with Gasteiger partial charge in [-0.3, -0.25) is 14.2 Å². The molecule has 2 rings (SSSR count). The number of hydrogen-bond donors (Lipinski definition) is 2. The first-order valence-corrected chi connectivity index (χ1v) is 6.73. The van der Waals surface area contributed by atoms with Gasteiger partial charge in [-0.15, -0.1) is 0 Å². The molecule has 23 heavy (non-hydrogen) atoms. The van der Waals surface area contributed by atoms with Gasteiger partial charge >= 0.3 is 11.9 Å². The first-order valence-electron chi connectivity index (χ1n) is 6.73. The number of benzene rings is 1. The molecule has 124 valence electrons. The topological polar surface area (TPSA) is 84.0 Å². The van der Waals surface area contributed by atoms with E-state index in [0.717, 1.165) is 4.57 Å². The number of fused-ring (bicyclic) bond motifs is 1. The van der Waals surface area contributed by atoms with Gasteiger partial charge in [-0.1, -0.05) is 0 Å². The second kappa shape index (κ2) is 5.90. The van der Waals surface area contributed by atoms with Crippen molar-refractivity contribution < 1.29 is 18.0 Å². The number of rotatable bonds is 3. The van der Waals surface area contributed by atoms with Gasteiger partial charge in [0, 0.05) is 11.6 Å². The molecule has 0 fully saturated rings. The molecule has 0 atom stereocenters. The van der Waals surface area contributed by atoms with E-state index < -0.39 is 29.9 Å². The maximum absolute atomic E-state index is 12.2. The van der Waals surface area contributed by atoms with Crippen molar-refractivity contribution in [3.63, 3.8) is 0 Å². The largest absolute Gasteiger partial charge is 0.405 e. The number of nitrogens with one attached hydrogen (secondary N) is 2. The fraction of sp³-hybridized carbons (Fsp3) is 0.357. The second-order valence-electron chi connectivity index (χ2n) is 5.26. The van der Waals surface area contributed by atoms with Crippen LogP contribution in [0.4, 0.5) is 13.2 Å². The number of H-pyrrole nitrogens is 1. The van der Waals surface area contributed by atoms with Crippen LogP contribution in [-0.2, 0) is 0 Å². The zero-order chi connectivity index (χ0) is 17.4. The van der Waals surface area contributed by atoms with Crippen LogP contribution in [0.25, 0.3) is 10.9 Å². The third kappa shape index (κ3) is 3.61. The molecule has 1 aromatic heterocycles. The molecule has 0 aliphatic heterocycles. The Morgan fingerprint density at radius 3 is 2.52 bits per heavy atom. The summed E-state index contributed by atoms with van der Waals surface area (Å²) in [5, 5.41) is 1.90. The van der Waals surface area contributed by atoms with E-state index in [0.29, 0.717) is 0 Å². The summed E-state index contributed by atoms with van der Waals surface area (Å²) in [6.07, 6.45) is -4.52. The van der Waals surface area contributed by atoms with Gasteiger partial charge < -0.3 is 10.3 Å². The van der Waals surface area contributed by atoms with Crippen LogP contribution >= 0.6 is 0 Å². The van der Waals surface area contributed by atoms with Crippen molar-refractivity contribution in [2.24, 2.45) is 0 Å². The summed E-state index contributed by atoms with van der Waals surface area (Å²) in [5.41, 5.74) is -1.16. The number of carbonyl (C=O) groups is 1. The van der Waals surface area contributed by atoms with Gasteiger partial charge in [-0.05, 0) is 32.0 Å². The van der Waals surface area contributed by atoms with E-state index in [9.17, 15) is 27.6 Å². The fourth-order valence-electron chi connectivity index (χ4n) is 2.12. The number of aromatic nitrogens is 2. The number of amides is 1. The lowest BCUT2D eigenvalue weighted by atomic mass is 10.1. The highest BCUT2D eigenvalue weighted by Crippen LogP contribution is 2.14. The quantitative estimate of drug-likeness (QED) is 0.896. The molecular formula is C14H14F3N3O3. The van der Waals surface area contributed by atoms with Crippen molar-refractivity contribution in [3.8, 4) is 0 Å². The zero-order valence-corrected chi connectivity index (χ0v) is 12.3. The molecular weight excluding hydrogens is 315 g/mol. The number of alkyl halides is 3. The Balaban J connectivity index is 2.44. The molecule has 0 aliphatic carbocycles. The van der Waals surface area contributed by atoms with Gasteiger partial charge in [0.2, 0.25) is 0 Å². The number of carbonyl (C=O) groups excluding carboxylic acids is 1. The molecule has 1 heterocycles. The third-order valence-corrected chi connectivity index (χ3v) is 3.16. The predicted octanol–water partition coefficient (Wildman–Crippen LogP) is 1.56. The van der Waals surface area contributed by atoms with Crippen LogP contribution in [-0.4, -0.2) is 28.2 Å². The van der Waals surface area contributed by atoms with Crippen molar-refractivity contribution in [2.45, 2.75) is 26.1 Å². The van der Waals surface area contributed by atoms with E-state index >= 15 is 0 Å². The highest BCUT2D eigenvalue weighted by molar-refractivity contribution is 5.97. The molecule has 0 unspecified atom stereocenters. The molecule has 0 bridgehead atoms. The van der Waals surface area contributed by atoms with Gasteiger partial charge in [0.1, 0.15) is 6.54 Å². The van der Waals surface area contributed by atoms with Gasteiger partial charge in [-0.25, -0.2) is 4.79 Å². The van der Waals surface area contributed by atoms with E-state index in [1.807, 2.05) is 0 Å². The molecule has 0 aliphatic rings. The highest BCUT2D eigenvalue weighted by Gasteiger charge is 2.28. The Kier molecular flexibility index (Phi) is 4.31. The smallest absolute Gasteiger partial charge is 0.343 e. The summed E-state index contributed by atoms with van der Waals surface area (Å²) in [5.74, 6) is -0.946. The predicted molar refractivity (Wildman–Crippen MR) is 77.6 cm³/mol. The number of halogens is 3. The Labute approximate surface area is 127 Å². The maximum Gasteiger partial charge on any atom is 0.405 e. The normalized spacial score (nSPS) is 11.9. The molecule has 6 nitrogen and oxygen atoms in total. The Hall–Kier alpha value is -2.58. The molecule has 0 radical (unpaired) electrons. The summed E-state index contributed by atoms with van der Waals surface area (Å²) >= 11 is 0. The summed E-state index contributed by atoms with van der Waals surface area (Å²) < 4.78 is 37.3. The van der Waals surface area contributed by atoms with Crippen LogP contribution in [0.15, 0.2) is 27.8 Å². The molecule has 2 aromatic rings. The van der Waals surface area contributed by atoms with Crippen molar-refractivity contribution in [1.29, 1.82) is 0 Å². The lowest BCUT2D eigenvalue weighted by Crippen LogP contribution is -2.36. The lowest BCUT2D eigenvalue weighted by molar-refractivity contribution is -0.123. The molecule has 2 N–H and O–H groups in total. The summed E-state index contributed by atoms with van der Waals surface area (Å²) in [6.45, 7) is 1.87. The minimum atomic E-state index is -4.52. The highest BCUT2D eigenvalue weighted by atomic mass is 19.4. The second-order valence-corrected chi connectivity index (χ2v) is 5.26. The maximum atomic E-state index is 12.2. The van der Waals surface area contributed by atoms with Gasteiger partial charge in [0.05, 0.1) is 10.9 Å². The van der Waals surface area contributed by atoms with Crippen molar-refractivity contribution in [3.05, 3.63) is 44.6 Å². The zero-order valence-electron chi connectivity index (χ0n) is 12.3. The monoisotopic (exact) mass is 329 g/mol. The minimum absolute atomic E-state index is 0.0842. The van der Waals surface area contributed by atoms with Crippen LogP contribution in [0.2, 0.25) is 0 Å². The van der Waals surface area contributed by atoms with Gasteiger partial charge in [0.25, 0.3) is 11.5 Å². The number of aromatic amines is 1. The third-order valence-electron chi connectivity index (χ3n) is 3.16. The van der Waals surface area contributed by atoms with Crippen LogP contribution < -0.4 is 16.6 Å². The molecule has 0 spiro atoms. The van der Waals surface area contributed by atoms with Gasteiger partial charge in [-0.2, -0.15) is 13.2 Å². The Morgan fingerprint density at radius 1 is 1.30 bits per heavy atom. The molecule has 1 aromatic carbocycles. The number of hydrogen-bond acceptors (Lipinski definition) is 3. The SMILES string of the molecule is CC(C)n1c(=O)[nH]c2cc(C(=O)NCC(F)(F)F)ccc2c1=O. The average Bonchev–Trinajstić information content (AvgIpc) is 2.42. The average molecular weight is 329 g/mol. The van der Waals surface area contributed by atoms with E-state index in [2.05, 4.69) is 4.98 Å². The summed E-state index contributed by atoms with van der Waals surface area (Å²) in [6, 6.07) is 3.35. The van der Waals surface area contributed by atoms with Crippen molar-refractivity contribution >= 4 is 16.8 Å². The van der Waals surface area contributed by atoms with Crippen molar-refractivity contribution in [2.75, 3.05) is 6.54 Å². The van der Waals surface area contributed by atoms with Crippen LogP contribution in [0.5, 0.6) is 0 Å². The fourth-order valence-corrected chi connectivity index (χ4v) is 2.12. The first kappa shape index (κ1) is 16.8. The van der Waals surface area contributed by atoms with E-state index in [4.69, 9.17) is 0 Å². The summed E-state index contributed by atoms with van der Waals surface area (Å²) in [7, 11) is 0. The van der Waals surface area contributed by atoms with Crippen LogP contribution in [0, 0.1) is 0 Å². The lowest BCUT2D eigenvalue weighted by Gasteiger charge is -2.11. The van der Waals surface area contributed by atoms with Crippen LogP contribution in [0.1, 0.15) is 30.2 Å². The molecule has 0 saturated carbocycles. The minimum Gasteiger partial charge on any atom is -0.343 e.